The minimum Gasteiger partial charge on any atom is -0.452 e. The van der Waals surface area contributed by atoms with Crippen LogP contribution in [-0.4, -0.2) is 22.9 Å². The van der Waals surface area contributed by atoms with E-state index in [2.05, 4.69) is 5.32 Å². The van der Waals surface area contributed by atoms with Crippen molar-refractivity contribution in [3.05, 3.63) is 69.0 Å². The number of nitro benzene ring substituents is 1. The third-order valence-electron chi connectivity index (χ3n) is 3.41. The molecule has 0 aromatic heterocycles. The summed E-state index contributed by atoms with van der Waals surface area (Å²) in [6.07, 6.45) is -1.57. The number of nitrogens with zero attached hydrogens (tertiary/aromatic N) is 1. The van der Waals surface area contributed by atoms with E-state index >= 15 is 0 Å². The van der Waals surface area contributed by atoms with Crippen molar-refractivity contribution in [3.8, 4) is 0 Å². The van der Waals surface area contributed by atoms with Crippen LogP contribution in [0.15, 0.2) is 42.5 Å². The van der Waals surface area contributed by atoms with Gasteiger partial charge in [-0.05, 0) is 31.2 Å². The maximum atomic E-state index is 13.7. The molecule has 0 spiro atoms. The van der Waals surface area contributed by atoms with Gasteiger partial charge in [0.05, 0.1) is 11.3 Å². The van der Waals surface area contributed by atoms with Crippen molar-refractivity contribution >= 4 is 34.9 Å². The fraction of sp³-hybridized carbons (Fsp3) is 0.176. The molecule has 2 aromatic rings. The zero-order chi connectivity index (χ0) is 19.3. The van der Waals surface area contributed by atoms with Gasteiger partial charge < -0.3 is 10.1 Å². The average Bonchev–Trinajstić information content (AvgIpc) is 2.58. The van der Waals surface area contributed by atoms with Crippen molar-refractivity contribution in [2.75, 3.05) is 5.32 Å². The number of hydrogen-bond acceptors (Lipinski definition) is 5. The van der Waals surface area contributed by atoms with Crippen LogP contribution in [0, 0.1) is 15.9 Å². The molecule has 26 heavy (non-hydrogen) atoms. The lowest BCUT2D eigenvalue weighted by Crippen LogP contribution is -2.30. The Labute approximate surface area is 152 Å². The first-order valence-corrected chi connectivity index (χ1v) is 7.83. The molecule has 0 radical (unpaired) electrons. The summed E-state index contributed by atoms with van der Waals surface area (Å²) < 4.78 is 18.6. The van der Waals surface area contributed by atoms with Gasteiger partial charge in [0.1, 0.15) is 5.82 Å². The third kappa shape index (κ3) is 5.00. The van der Waals surface area contributed by atoms with Gasteiger partial charge in [-0.25, -0.2) is 4.39 Å². The predicted molar refractivity (Wildman–Crippen MR) is 92.4 cm³/mol. The Bertz CT molecular complexity index is 821. The number of nitrogens with one attached hydrogen (secondary N) is 1. The maximum absolute atomic E-state index is 13.7. The first-order valence-electron chi connectivity index (χ1n) is 7.45. The van der Waals surface area contributed by atoms with Crippen LogP contribution >= 0.6 is 11.6 Å². The van der Waals surface area contributed by atoms with Crippen molar-refractivity contribution in [3.63, 3.8) is 0 Å². The van der Waals surface area contributed by atoms with Gasteiger partial charge in [-0.15, -0.1) is 0 Å². The Morgan fingerprint density at radius 3 is 2.50 bits per heavy atom. The third-order valence-corrected chi connectivity index (χ3v) is 3.76. The molecule has 1 N–H and O–H groups in total. The Morgan fingerprint density at radius 2 is 1.92 bits per heavy atom. The molecule has 7 nitrogen and oxygen atoms in total. The molecule has 0 aliphatic rings. The Balaban J connectivity index is 1.93. The summed E-state index contributed by atoms with van der Waals surface area (Å²) in [7, 11) is 0. The molecule has 0 bridgehead atoms. The summed E-state index contributed by atoms with van der Waals surface area (Å²) in [6, 6.07) is 9.18. The van der Waals surface area contributed by atoms with Crippen LogP contribution in [0.25, 0.3) is 0 Å². The van der Waals surface area contributed by atoms with Crippen molar-refractivity contribution < 1.29 is 23.6 Å². The van der Waals surface area contributed by atoms with E-state index in [9.17, 15) is 24.1 Å². The van der Waals surface area contributed by atoms with Gasteiger partial charge >= 0.3 is 5.97 Å². The van der Waals surface area contributed by atoms with Crippen LogP contribution in [0.5, 0.6) is 0 Å². The average molecular weight is 381 g/mol. The molecule has 0 aliphatic carbocycles. The number of amides is 1. The van der Waals surface area contributed by atoms with E-state index in [4.69, 9.17) is 16.3 Å². The van der Waals surface area contributed by atoms with E-state index in [0.29, 0.717) is 5.69 Å². The van der Waals surface area contributed by atoms with Gasteiger partial charge in [-0.1, -0.05) is 17.7 Å². The normalized spacial score (nSPS) is 11.5. The molecular weight excluding hydrogens is 367 g/mol. The van der Waals surface area contributed by atoms with Crippen molar-refractivity contribution in [1.29, 1.82) is 0 Å². The largest absolute Gasteiger partial charge is 0.452 e. The highest BCUT2D eigenvalue weighted by Gasteiger charge is 2.20. The number of hydrogen-bond donors (Lipinski definition) is 1. The molecule has 0 saturated heterocycles. The quantitative estimate of drug-likeness (QED) is 0.469. The molecule has 0 aliphatic heterocycles. The molecule has 2 aromatic carbocycles. The summed E-state index contributed by atoms with van der Waals surface area (Å²) >= 11 is 5.84. The van der Waals surface area contributed by atoms with Gasteiger partial charge in [0.15, 0.2) is 6.10 Å². The molecule has 1 amide bonds. The Morgan fingerprint density at radius 1 is 1.27 bits per heavy atom. The zero-order valence-electron chi connectivity index (χ0n) is 13.6. The minimum atomic E-state index is -1.15. The van der Waals surface area contributed by atoms with E-state index in [0.717, 1.165) is 0 Å². The molecule has 0 saturated carbocycles. The van der Waals surface area contributed by atoms with E-state index in [-0.39, 0.29) is 16.3 Å². The number of rotatable bonds is 6. The fourth-order valence-electron chi connectivity index (χ4n) is 2.05. The summed E-state index contributed by atoms with van der Waals surface area (Å²) in [5, 5.41) is 13.1. The summed E-state index contributed by atoms with van der Waals surface area (Å²) in [4.78, 5) is 34.0. The summed E-state index contributed by atoms with van der Waals surface area (Å²) in [5.41, 5.74) is 0.173. The lowest BCUT2D eigenvalue weighted by molar-refractivity contribution is -0.384. The lowest BCUT2D eigenvalue weighted by atomic mass is 10.1. The smallest absolute Gasteiger partial charge is 0.311 e. The van der Waals surface area contributed by atoms with Crippen LogP contribution in [0.4, 0.5) is 15.8 Å². The lowest BCUT2D eigenvalue weighted by Gasteiger charge is -2.14. The van der Waals surface area contributed by atoms with Crippen LogP contribution < -0.4 is 5.32 Å². The SMILES string of the molecule is CC(OC(=O)Cc1c(F)cccc1Cl)C(=O)Nc1ccc([N+](=O)[O-])cc1. The molecular formula is C17H14ClFN2O5. The summed E-state index contributed by atoms with van der Waals surface area (Å²) in [6.45, 7) is 1.35. The van der Waals surface area contributed by atoms with Crippen LogP contribution in [0.1, 0.15) is 12.5 Å². The molecule has 2 rings (SSSR count). The number of ether oxygens (including phenoxy) is 1. The molecule has 1 atom stereocenters. The number of non-ortho nitro benzene ring substituents is 1. The monoisotopic (exact) mass is 380 g/mol. The number of carbonyl (C=O) groups is 2. The van der Waals surface area contributed by atoms with Crippen LogP contribution in [-0.2, 0) is 20.7 Å². The zero-order valence-corrected chi connectivity index (χ0v) is 14.3. The van der Waals surface area contributed by atoms with E-state index < -0.39 is 35.1 Å². The second kappa shape index (κ2) is 8.39. The summed E-state index contributed by atoms with van der Waals surface area (Å²) in [5.74, 6) is -2.09. The molecule has 9 heteroatoms. The van der Waals surface area contributed by atoms with Gasteiger partial charge in [0.2, 0.25) is 0 Å². The maximum Gasteiger partial charge on any atom is 0.311 e. The molecule has 1 unspecified atom stereocenters. The second-order valence-electron chi connectivity index (χ2n) is 5.30. The predicted octanol–water partition coefficient (Wildman–Crippen LogP) is 3.50. The fourth-order valence-corrected chi connectivity index (χ4v) is 2.28. The van der Waals surface area contributed by atoms with Crippen molar-refractivity contribution in [2.24, 2.45) is 0 Å². The first kappa shape index (κ1) is 19.3. The standard InChI is InChI=1S/C17H14ClFN2O5/c1-10(17(23)20-11-5-7-12(8-6-11)21(24)25)26-16(22)9-13-14(18)3-2-4-15(13)19/h2-8,10H,9H2,1H3,(H,20,23). The van der Waals surface area contributed by atoms with Gasteiger partial charge in [0, 0.05) is 28.4 Å². The first-order chi connectivity index (χ1) is 12.3. The minimum absolute atomic E-state index is 0.0119. The molecule has 0 fully saturated rings. The highest BCUT2D eigenvalue weighted by molar-refractivity contribution is 6.31. The number of benzene rings is 2. The van der Waals surface area contributed by atoms with Gasteiger partial charge in [-0.2, -0.15) is 0 Å². The number of halogens is 2. The van der Waals surface area contributed by atoms with Crippen LogP contribution in [0.2, 0.25) is 5.02 Å². The highest BCUT2D eigenvalue weighted by Crippen LogP contribution is 2.20. The van der Waals surface area contributed by atoms with Gasteiger partial charge in [-0.3, -0.25) is 19.7 Å². The van der Waals surface area contributed by atoms with E-state index in [1.54, 1.807) is 0 Å². The van der Waals surface area contributed by atoms with Crippen molar-refractivity contribution in [1.82, 2.24) is 0 Å². The second-order valence-corrected chi connectivity index (χ2v) is 5.71. The number of nitro groups is 1. The highest BCUT2D eigenvalue weighted by atomic mass is 35.5. The number of carbonyl (C=O) groups excluding carboxylic acids is 2. The number of esters is 1. The Hall–Kier alpha value is -3.00. The van der Waals surface area contributed by atoms with Gasteiger partial charge in [0.25, 0.3) is 11.6 Å². The molecule has 0 heterocycles. The topological polar surface area (TPSA) is 98.5 Å². The Kier molecular flexibility index (Phi) is 6.24. The molecule has 136 valence electrons. The van der Waals surface area contributed by atoms with Crippen molar-refractivity contribution in [2.45, 2.75) is 19.4 Å². The van der Waals surface area contributed by atoms with E-state index in [1.807, 2.05) is 0 Å². The number of anilines is 1. The van der Waals surface area contributed by atoms with Crippen LogP contribution in [0.3, 0.4) is 0 Å². The van der Waals surface area contributed by atoms with E-state index in [1.165, 1.54) is 49.4 Å².